The van der Waals surface area contributed by atoms with Gasteiger partial charge < -0.3 is 0 Å². The molecular formula is C18H13NS. The van der Waals surface area contributed by atoms with E-state index >= 15 is 0 Å². The van der Waals surface area contributed by atoms with Crippen molar-refractivity contribution in [2.75, 3.05) is 0 Å². The van der Waals surface area contributed by atoms with E-state index in [1.54, 1.807) is 0 Å². The minimum absolute atomic E-state index is 0.911. The first-order valence-corrected chi connectivity index (χ1v) is 7.53. The van der Waals surface area contributed by atoms with Gasteiger partial charge in [-0.25, -0.2) is 4.98 Å². The third-order valence-corrected chi connectivity index (χ3v) is 4.63. The van der Waals surface area contributed by atoms with Crippen LogP contribution in [0.1, 0.15) is 10.6 Å². The summed E-state index contributed by atoms with van der Waals surface area (Å²) in [4.78, 5) is 4.78. The number of thiazole rings is 1. The van der Waals surface area contributed by atoms with Crippen LogP contribution in [0, 0.1) is 0 Å². The van der Waals surface area contributed by atoms with Crippen LogP contribution in [0.25, 0.3) is 21.0 Å². The van der Waals surface area contributed by atoms with Crippen molar-refractivity contribution in [3.8, 4) is 0 Å². The summed E-state index contributed by atoms with van der Waals surface area (Å²) in [6.07, 6.45) is 0.911. The minimum atomic E-state index is 0.911. The molecule has 3 aromatic carbocycles. The van der Waals surface area contributed by atoms with Gasteiger partial charge in [0.05, 0.1) is 15.2 Å². The number of rotatable bonds is 2. The molecular weight excluding hydrogens is 262 g/mol. The largest absolute Gasteiger partial charge is 0.241 e. The summed E-state index contributed by atoms with van der Waals surface area (Å²) < 4.78 is 1.30. The molecule has 0 atom stereocenters. The van der Waals surface area contributed by atoms with Crippen molar-refractivity contribution < 1.29 is 0 Å². The van der Waals surface area contributed by atoms with E-state index in [0.717, 1.165) is 11.9 Å². The van der Waals surface area contributed by atoms with Crippen LogP contribution in [0.2, 0.25) is 0 Å². The topological polar surface area (TPSA) is 12.9 Å². The molecule has 96 valence electrons. The van der Waals surface area contributed by atoms with Gasteiger partial charge in [0.25, 0.3) is 0 Å². The Morgan fingerprint density at radius 1 is 0.800 bits per heavy atom. The molecule has 0 bridgehead atoms. The molecule has 0 aliphatic rings. The van der Waals surface area contributed by atoms with Crippen LogP contribution in [0.15, 0.2) is 66.7 Å². The molecule has 0 aliphatic heterocycles. The normalized spacial score (nSPS) is 11.2. The third-order valence-electron chi connectivity index (χ3n) is 3.52. The monoisotopic (exact) mass is 275 g/mol. The smallest absolute Gasteiger partial charge is 0.0982 e. The molecule has 4 rings (SSSR count). The highest BCUT2D eigenvalue weighted by Gasteiger charge is 2.07. The van der Waals surface area contributed by atoms with Crippen LogP contribution in [-0.4, -0.2) is 4.98 Å². The van der Waals surface area contributed by atoms with Crippen molar-refractivity contribution in [1.82, 2.24) is 4.98 Å². The molecule has 0 N–H and O–H groups in total. The van der Waals surface area contributed by atoms with Crippen LogP contribution in [0.4, 0.5) is 0 Å². The van der Waals surface area contributed by atoms with E-state index in [4.69, 9.17) is 4.98 Å². The van der Waals surface area contributed by atoms with Crippen LogP contribution in [0.3, 0.4) is 0 Å². The lowest BCUT2D eigenvalue weighted by Gasteiger charge is -1.96. The zero-order valence-electron chi connectivity index (χ0n) is 10.9. The first kappa shape index (κ1) is 11.6. The van der Waals surface area contributed by atoms with E-state index in [-0.39, 0.29) is 0 Å². The Balaban J connectivity index is 1.84. The van der Waals surface area contributed by atoms with Crippen LogP contribution >= 0.6 is 11.3 Å². The molecule has 0 aliphatic carbocycles. The Kier molecular flexibility index (Phi) is 2.75. The summed E-state index contributed by atoms with van der Waals surface area (Å²) in [5.41, 5.74) is 2.43. The molecule has 1 nitrogen and oxygen atoms in total. The number of nitrogens with zero attached hydrogens (tertiary/aromatic N) is 1. The highest BCUT2D eigenvalue weighted by atomic mass is 32.1. The zero-order valence-corrected chi connectivity index (χ0v) is 11.7. The SMILES string of the molecule is c1ccc(Cc2nc3ccc4ccccc4c3s2)cc1. The molecule has 20 heavy (non-hydrogen) atoms. The van der Waals surface area contributed by atoms with Crippen LogP contribution < -0.4 is 0 Å². The lowest BCUT2D eigenvalue weighted by Crippen LogP contribution is -1.85. The molecule has 1 aromatic heterocycles. The Morgan fingerprint density at radius 3 is 2.50 bits per heavy atom. The third kappa shape index (κ3) is 1.98. The number of hydrogen-bond acceptors (Lipinski definition) is 2. The van der Waals surface area contributed by atoms with Gasteiger partial charge in [-0.2, -0.15) is 0 Å². The van der Waals surface area contributed by atoms with Crippen molar-refractivity contribution in [2.24, 2.45) is 0 Å². The fraction of sp³-hybridized carbons (Fsp3) is 0.0556. The number of hydrogen-bond donors (Lipinski definition) is 0. The van der Waals surface area contributed by atoms with Crippen LogP contribution in [-0.2, 0) is 6.42 Å². The van der Waals surface area contributed by atoms with Crippen molar-refractivity contribution >= 4 is 32.3 Å². The maximum atomic E-state index is 4.78. The lowest BCUT2D eigenvalue weighted by atomic mass is 10.1. The van der Waals surface area contributed by atoms with E-state index < -0.39 is 0 Å². The second-order valence-corrected chi connectivity index (χ2v) is 5.99. The van der Waals surface area contributed by atoms with Gasteiger partial charge in [0.15, 0.2) is 0 Å². The molecule has 0 spiro atoms. The van der Waals surface area contributed by atoms with Crippen LogP contribution in [0.5, 0.6) is 0 Å². The fourth-order valence-corrected chi connectivity index (χ4v) is 3.68. The predicted octanol–water partition coefficient (Wildman–Crippen LogP) is 5.04. The quantitative estimate of drug-likeness (QED) is 0.499. The van der Waals surface area contributed by atoms with Gasteiger partial charge in [0.1, 0.15) is 0 Å². The van der Waals surface area contributed by atoms with Crippen molar-refractivity contribution in [3.05, 3.63) is 77.3 Å². The molecule has 0 unspecified atom stereocenters. The second-order valence-electron chi connectivity index (χ2n) is 4.90. The number of benzene rings is 3. The molecule has 0 saturated carbocycles. The Hall–Kier alpha value is -2.19. The minimum Gasteiger partial charge on any atom is -0.241 e. The van der Waals surface area contributed by atoms with Gasteiger partial charge in [-0.15, -0.1) is 11.3 Å². The summed E-state index contributed by atoms with van der Waals surface area (Å²) in [6.45, 7) is 0. The summed E-state index contributed by atoms with van der Waals surface area (Å²) >= 11 is 1.81. The highest BCUT2D eigenvalue weighted by Crippen LogP contribution is 2.31. The van der Waals surface area contributed by atoms with Crippen molar-refractivity contribution in [1.29, 1.82) is 0 Å². The van der Waals surface area contributed by atoms with E-state index in [0.29, 0.717) is 0 Å². The maximum absolute atomic E-state index is 4.78. The van der Waals surface area contributed by atoms with Crippen molar-refractivity contribution in [2.45, 2.75) is 6.42 Å². The molecule has 1 heterocycles. The number of aromatic nitrogens is 1. The average Bonchev–Trinajstić information content (AvgIpc) is 2.91. The Labute approximate surface area is 121 Å². The number of fused-ring (bicyclic) bond motifs is 3. The van der Waals surface area contributed by atoms with Gasteiger partial charge in [-0.1, -0.05) is 60.7 Å². The maximum Gasteiger partial charge on any atom is 0.0982 e. The molecule has 0 fully saturated rings. The first-order chi connectivity index (χ1) is 9.90. The van der Waals surface area contributed by atoms with Crippen molar-refractivity contribution in [3.63, 3.8) is 0 Å². The first-order valence-electron chi connectivity index (χ1n) is 6.71. The molecule has 2 heteroatoms. The van der Waals surface area contributed by atoms with Gasteiger partial charge in [-0.05, 0) is 17.0 Å². The van der Waals surface area contributed by atoms with Gasteiger partial charge >= 0.3 is 0 Å². The highest BCUT2D eigenvalue weighted by molar-refractivity contribution is 7.19. The molecule has 0 amide bonds. The standard InChI is InChI=1S/C18H13NS/c1-2-6-13(7-3-1)12-17-19-16-11-10-14-8-4-5-9-15(14)18(16)20-17/h1-11H,12H2. The average molecular weight is 275 g/mol. The predicted molar refractivity (Wildman–Crippen MR) is 86.4 cm³/mol. The van der Waals surface area contributed by atoms with E-state index in [1.807, 2.05) is 11.3 Å². The summed E-state index contributed by atoms with van der Waals surface area (Å²) in [6, 6.07) is 23.3. The molecule has 0 radical (unpaired) electrons. The molecule has 0 saturated heterocycles. The summed E-state index contributed by atoms with van der Waals surface area (Å²) in [5.74, 6) is 0. The fourth-order valence-electron chi connectivity index (χ4n) is 2.55. The zero-order chi connectivity index (χ0) is 13.4. The second kappa shape index (κ2) is 4.73. The Bertz CT molecular complexity index is 878. The molecule has 4 aromatic rings. The van der Waals surface area contributed by atoms with Gasteiger partial charge in [0.2, 0.25) is 0 Å². The van der Waals surface area contributed by atoms with Gasteiger partial charge in [-0.3, -0.25) is 0 Å². The van der Waals surface area contributed by atoms with E-state index in [2.05, 4.69) is 66.7 Å². The van der Waals surface area contributed by atoms with E-state index in [9.17, 15) is 0 Å². The Morgan fingerprint density at radius 2 is 1.60 bits per heavy atom. The lowest BCUT2D eigenvalue weighted by molar-refractivity contribution is 1.16. The van der Waals surface area contributed by atoms with Gasteiger partial charge in [0, 0.05) is 11.8 Å². The summed E-state index contributed by atoms with van der Waals surface area (Å²) in [7, 11) is 0. The summed E-state index contributed by atoms with van der Waals surface area (Å²) in [5, 5.41) is 3.78. The van der Waals surface area contributed by atoms with E-state index in [1.165, 1.54) is 26.0 Å².